The molecule has 0 spiro atoms. The van der Waals surface area contributed by atoms with Crippen LogP contribution in [0.4, 0.5) is 4.39 Å². The summed E-state index contributed by atoms with van der Waals surface area (Å²) in [5, 5.41) is 0. The first-order valence-corrected chi connectivity index (χ1v) is 9.06. The lowest BCUT2D eigenvalue weighted by atomic mass is 10.1. The molecule has 2 rings (SSSR count). The molecule has 6 heteroatoms. The molecule has 1 atom stereocenters. The topological polar surface area (TPSA) is 54.5 Å². The van der Waals surface area contributed by atoms with Crippen molar-refractivity contribution < 1.29 is 17.6 Å². The fourth-order valence-corrected chi connectivity index (χ4v) is 3.61. The molecular formula is C15H20FNO3S. The average Bonchev–Trinajstić information content (AvgIpc) is 3.14. The Morgan fingerprint density at radius 1 is 1.38 bits per heavy atom. The van der Waals surface area contributed by atoms with E-state index in [0.29, 0.717) is 5.56 Å². The van der Waals surface area contributed by atoms with Crippen molar-refractivity contribution >= 4 is 15.7 Å². The molecule has 0 radical (unpaired) electrons. The summed E-state index contributed by atoms with van der Waals surface area (Å²) in [5.41, 5.74) is 0.347. The summed E-state index contributed by atoms with van der Waals surface area (Å²) in [7, 11) is -3.16. The Morgan fingerprint density at radius 3 is 2.52 bits per heavy atom. The lowest BCUT2D eigenvalue weighted by Gasteiger charge is -2.29. The van der Waals surface area contributed by atoms with Gasteiger partial charge in [0.1, 0.15) is 15.7 Å². The second-order valence-corrected chi connectivity index (χ2v) is 7.93. The number of benzene rings is 1. The van der Waals surface area contributed by atoms with E-state index in [1.807, 2.05) is 0 Å². The van der Waals surface area contributed by atoms with Gasteiger partial charge in [0.2, 0.25) is 5.91 Å². The van der Waals surface area contributed by atoms with Crippen molar-refractivity contribution in [2.24, 2.45) is 0 Å². The van der Waals surface area contributed by atoms with E-state index in [4.69, 9.17) is 0 Å². The third-order valence-electron chi connectivity index (χ3n) is 3.55. The molecule has 21 heavy (non-hydrogen) atoms. The predicted octanol–water partition coefficient (Wildman–Crippen LogP) is 1.79. The number of hydrogen-bond donors (Lipinski definition) is 0. The maximum absolute atomic E-state index is 13.6. The molecule has 1 aromatic carbocycles. The highest BCUT2D eigenvalue weighted by Crippen LogP contribution is 2.30. The third-order valence-corrected chi connectivity index (χ3v) is 4.63. The van der Waals surface area contributed by atoms with Gasteiger partial charge in [0, 0.05) is 18.3 Å². The van der Waals surface area contributed by atoms with Gasteiger partial charge in [0.15, 0.2) is 0 Å². The minimum Gasteiger partial charge on any atom is -0.336 e. The standard InChI is InChI=1S/C15H20FNO3S/c1-11(10-21(2,19)20)17(13-7-8-13)15(18)9-12-5-3-4-6-14(12)16/h3-6,11,13H,7-10H2,1-2H3. The molecule has 1 aliphatic rings. The van der Waals surface area contributed by atoms with Gasteiger partial charge in [-0.1, -0.05) is 18.2 Å². The lowest BCUT2D eigenvalue weighted by Crippen LogP contribution is -2.44. The smallest absolute Gasteiger partial charge is 0.227 e. The van der Waals surface area contributed by atoms with Crippen molar-refractivity contribution in [3.05, 3.63) is 35.6 Å². The minimum absolute atomic E-state index is 0.0305. The summed E-state index contributed by atoms with van der Waals surface area (Å²) in [6, 6.07) is 5.89. The summed E-state index contributed by atoms with van der Waals surface area (Å²) in [5.74, 6) is -0.678. The number of sulfone groups is 1. The summed E-state index contributed by atoms with van der Waals surface area (Å²) < 4.78 is 36.5. The van der Waals surface area contributed by atoms with E-state index < -0.39 is 15.7 Å². The van der Waals surface area contributed by atoms with Crippen LogP contribution in [0.25, 0.3) is 0 Å². The molecule has 1 fully saturated rings. The number of rotatable bonds is 6. The van der Waals surface area contributed by atoms with Crippen LogP contribution in [0.5, 0.6) is 0 Å². The Kier molecular flexibility index (Phi) is 4.66. The Balaban J connectivity index is 2.11. The van der Waals surface area contributed by atoms with Gasteiger partial charge in [0.05, 0.1) is 12.2 Å². The monoisotopic (exact) mass is 313 g/mol. The van der Waals surface area contributed by atoms with E-state index in [1.54, 1.807) is 30.0 Å². The molecule has 0 N–H and O–H groups in total. The van der Waals surface area contributed by atoms with E-state index in [9.17, 15) is 17.6 Å². The van der Waals surface area contributed by atoms with Gasteiger partial charge in [0.25, 0.3) is 0 Å². The third kappa shape index (κ3) is 4.52. The molecule has 1 saturated carbocycles. The summed E-state index contributed by atoms with van der Waals surface area (Å²) in [6.07, 6.45) is 2.90. The normalized spacial score (nSPS) is 16.5. The maximum atomic E-state index is 13.6. The van der Waals surface area contributed by atoms with Gasteiger partial charge in [-0.2, -0.15) is 0 Å². The largest absolute Gasteiger partial charge is 0.336 e. The van der Waals surface area contributed by atoms with Gasteiger partial charge in [-0.05, 0) is 31.4 Å². The van der Waals surface area contributed by atoms with Crippen LogP contribution in [0.2, 0.25) is 0 Å². The van der Waals surface area contributed by atoms with Gasteiger partial charge in [-0.15, -0.1) is 0 Å². The maximum Gasteiger partial charge on any atom is 0.227 e. The lowest BCUT2D eigenvalue weighted by molar-refractivity contribution is -0.132. The highest BCUT2D eigenvalue weighted by atomic mass is 32.2. The first-order chi connectivity index (χ1) is 9.78. The zero-order valence-corrected chi connectivity index (χ0v) is 13.1. The van der Waals surface area contributed by atoms with Crippen molar-refractivity contribution in [3.63, 3.8) is 0 Å². The Bertz CT molecular complexity index is 626. The molecule has 0 aromatic heterocycles. The SMILES string of the molecule is CC(CS(C)(=O)=O)N(C(=O)Cc1ccccc1F)C1CC1. The zero-order chi connectivity index (χ0) is 15.6. The number of carbonyl (C=O) groups is 1. The van der Waals surface area contributed by atoms with Gasteiger partial charge in [-0.3, -0.25) is 4.79 Å². The van der Waals surface area contributed by atoms with E-state index >= 15 is 0 Å². The van der Waals surface area contributed by atoms with Gasteiger partial charge < -0.3 is 4.90 Å². The van der Waals surface area contributed by atoms with Crippen LogP contribution in [-0.2, 0) is 21.1 Å². The summed E-state index contributed by atoms with van der Waals surface area (Å²) >= 11 is 0. The van der Waals surface area contributed by atoms with Gasteiger partial charge >= 0.3 is 0 Å². The second kappa shape index (κ2) is 6.13. The molecule has 4 nitrogen and oxygen atoms in total. The van der Waals surface area contributed by atoms with Crippen molar-refractivity contribution in [1.82, 2.24) is 4.90 Å². The van der Waals surface area contributed by atoms with Crippen LogP contribution in [0.3, 0.4) is 0 Å². The Hall–Kier alpha value is -1.43. The number of carbonyl (C=O) groups excluding carboxylic acids is 1. The highest BCUT2D eigenvalue weighted by molar-refractivity contribution is 7.90. The molecule has 1 unspecified atom stereocenters. The number of halogens is 1. The van der Waals surface area contributed by atoms with Crippen molar-refractivity contribution in [2.45, 2.75) is 38.3 Å². The molecule has 1 amide bonds. The highest BCUT2D eigenvalue weighted by Gasteiger charge is 2.36. The molecule has 0 bridgehead atoms. The predicted molar refractivity (Wildman–Crippen MR) is 79.1 cm³/mol. The first kappa shape index (κ1) is 15.9. The van der Waals surface area contributed by atoms with Crippen LogP contribution in [0.1, 0.15) is 25.3 Å². The van der Waals surface area contributed by atoms with Crippen molar-refractivity contribution in [1.29, 1.82) is 0 Å². The second-order valence-electron chi connectivity index (χ2n) is 5.74. The number of hydrogen-bond acceptors (Lipinski definition) is 3. The van der Waals surface area contributed by atoms with Crippen LogP contribution >= 0.6 is 0 Å². The molecule has 0 aliphatic heterocycles. The van der Waals surface area contributed by atoms with E-state index in [-0.39, 0.29) is 30.2 Å². The molecule has 116 valence electrons. The first-order valence-electron chi connectivity index (χ1n) is 7.00. The van der Waals surface area contributed by atoms with Gasteiger partial charge in [-0.25, -0.2) is 12.8 Å². The molecule has 0 heterocycles. The summed E-state index contributed by atoms with van der Waals surface area (Å²) in [6.45, 7) is 1.73. The van der Waals surface area contributed by atoms with Crippen LogP contribution in [0.15, 0.2) is 24.3 Å². The fraction of sp³-hybridized carbons (Fsp3) is 0.533. The average molecular weight is 313 g/mol. The van der Waals surface area contributed by atoms with Crippen molar-refractivity contribution in [3.8, 4) is 0 Å². The van der Waals surface area contributed by atoms with Crippen molar-refractivity contribution in [2.75, 3.05) is 12.0 Å². The number of nitrogens with zero attached hydrogens (tertiary/aromatic N) is 1. The van der Waals surface area contributed by atoms with Crippen LogP contribution in [-0.4, -0.2) is 43.3 Å². The fourth-order valence-electron chi connectivity index (χ4n) is 2.58. The summed E-state index contributed by atoms with van der Waals surface area (Å²) in [4.78, 5) is 14.1. The molecular weight excluding hydrogens is 293 g/mol. The van der Waals surface area contributed by atoms with Crippen LogP contribution in [0, 0.1) is 5.82 Å². The molecule has 1 aromatic rings. The van der Waals surface area contributed by atoms with E-state index in [1.165, 1.54) is 6.07 Å². The Labute approximate surface area is 124 Å². The number of amides is 1. The minimum atomic E-state index is -3.16. The molecule has 1 aliphatic carbocycles. The van der Waals surface area contributed by atoms with E-state index in [0.717, 1.165) is 19.1 Å². The molecule has 0 saturated heterocycles. The van der Waals surface area contributed by atoms with Crippen LogP contribution < -0.4 is 0 Å². The quantitative estimate of drug-likeness (QED) is 0.804. The zero-order valence-electron chi connectivity index (χ0n) is 12.3. The Morgan fingerprint density at radius 2 is 2.00 bits per heavy atom. The van der Waals surface area contributed by atoms with E-state index in [2.05, 4.69) is 0 Å².